The summed E-state index contributed by atoms with van der Waals surface area (Å²) in [5.41, 5.74) is -1.50. The molecule has 15 heteroatoms. The van der Waals surface area contributed by atoms with E-state index in [9.17, 15) is 32.0 Å². The van der Waals surface area contributed by atoms with E-state index in [1.165, 1.54) is 17.0 Å². The Kier molecular flexibility index (Phi) is 9.95. The number of alkyl carbamates (subject to hydrolysis) is 1. The number of sulfonamides is 1. The molecular formula is C40H52FN5O8S. The second-order valence-electron chi connectivity index (χ2n) is 17.4. The van der Waals surface area contributed by atoms with Crippen LogP contribution in [0.15, 0.2) is 30.4 Å². The Balaban J connectivity index is 1.25. The number of benzene rings is 1. The van der Waals surface area contributed by atoms with E-state index >= 15 is 0 Å². The predicted molar refractivity (Wildman–Crippen MR) is 202 cm³/mol. The maximum absolute atomic E-state index is 14.7. The average Bonchev–Trinajstić information content (AvgIpc) is 3.76. The Bertz CT molecular complexity index is 2060. The van der Waals surface area contributed by atoms with Gasteiger partial charge >= 0.3 is 6.09 Å². The Morgan fingerprint density at radius 3 is 2.55 bits per heavy atom. The van der Waals surface area contributed by atoms with Crippen LogP contribution in [0.3, 0.4) is 0 Å². The minimum Gasteiger partial charge on any atom is -0.483 e. The van der Waals surface area contributed by atoms with E-state index in [1.54, 1.807) is 40.7 Å². The topological polar surface area (TPSA) is 173 Å². The van der Waals surface area contributed by atoms with Gasteiger partial charge in [0.05, 0.1) is 22.5 Å². The van der Waals surface area contributed by atoms with Gasteiger partial charge in [-0.3, -0.25) is 19.1 Å². The van der Waals surface area contributed by atoms with E-state index in [1.807, 2.05) is 12.2 Å². The van der Waals surface area contributed by atoms with Crippen molar-refractivity contribution in [3.8, 4) is 5.75 Å². The van der Waals surface area contributed by atoms with Crippen molar-refractivity contribution in [2.24, 2.45) is 5.92 Å². The summed E-state index contributed by atoms with van der Waals surface area (Å²) in [5.74, 6) is -2.23. The molecule has 3 N–H and O–H groups in total. The number of aromatic nitrogens is 1. The molecule has 3 fully saturated rings. The second kappa shape index (κ2) is 14.0. The normalized spacial score (nSPS) is 29.3. The highest BCUT2D eigenvalue weighted by atomic mass is 32.2. The lowest BCUT2D eigenvalue weighted by Crippen LogP contribution is -2.70. The molecule has 1 saturated heterocycles. The summed E-state index contributed by atoms with van der Waals surface area (Å²) in [7, 11) is -4.02. The summed E-state index contributed by atoms with van der Waals surface area (Å²) in [6.07, 6.45) is 8.88. The molecule has 2 aromatic rings. The Hall–Kier alpha value is -4.27. The molecule has 2 aliphatic carbocycles. The lowest BCUT2D eigenvalue weighted by Gasteiger charge is -2.48. The number of hydrogen-bond donors (Lipinski definition) is 3. The van der Waals surface area contributed by atoms with Crippen molar-refractivity contribution >= 4 is 44.7 Å². The minimum absolute atomic E-state index is 0.00597. The van der Waals surface area contributed by atoms with Crippen LogP contribution in [0.5, 0.6) is 5.75 Å². The third kappa shape index (κ3) is 7.52. The molecule has 0 radical (unpaired) electrons. The molecular weight excluding hydrogens is 730 g/mol. The van der Waals surface area contributed by atoms with Crippen molar-refractivity contribution in [1.29, 1.82) is 0 Å². The molecule has 13 nitrogen and oxygen atoms in total. The summed E-state index contributed by atoms with van der Waals surface area (Å²) in [5, 5.41) is 6.51. The molecule has 5 aliphatic rings. The molecule has 55 heavy (non-hydrogen) atoms. The van der Waals surface area contributed by atoms with Crippen LogP contribution in [0.1, 0.15) is 110 Å². The summed E-state index contributed by atoms with van der Waals surface area (Å²) in [6.45, 7) is 8.57. The highest BCUT2D eigenvalue weighted by molar-refractivity contribution is 7.91. The van der Waals surface area contributed by atoms with Crippen LogP contribution < -0.4 is 20.1 Å². The number of hydrogen-bond acceptors (Lipinski definition) is 9. The van der Waals surface area contributed by atoms with Gasteiger partial charge in [0.1, 0.15) is 40.4 Å². The van der Waals surface area contributed by atoms with E-state index < -0.39 is 79.1 Å². The number of pyridine rings is 1. The zero-order chi connectivity index (χ0) is 39.6. The van der Waals surface area contributed by atoms with Gasteiger partial charge in [0.25, 0.3) is 5.91 Å². The third-order valence-corrected chi connectivity index (χ3v) is 14.3. The van der Waals surface area contributed by atoms with Crippen LogP contribution in [-0.4, -0.2) is 82.2 Å². The number of halogens is 1. The number of amides is 4. The molecule has 4 amide bonds. The van der Waals surface area contributed by atoms with E-state index in [-0.39, 0.29) is 19.4 Å². The standard InChI is InChI=1S/C40H52FN5O8S/c1-24-32-28(27-14-13-26(41)21-30(27)42-24)16-17-39(53-32)22-31-33(47)44-40(35(49)45-55(51,52)38(5)19-20-38)18-15-25(40)11-9-7-6-8-10-12-29(34(48)46(31)23-39)43-36(50)54-37(2,3)4/h9,11,13-14,21,25,29,31H,6-8,10,12,15-20,22-23H2,1-5H3,(H,43,50)(H,44,47)(H,45,49). The van der Waals surface area contributed by atoms with Crippen molar-refractivity contribution in [3.63, 3.8) is 0 Å². The maximum atomic E-state index is 14.7. The molecule has 2 saturated carbocycles. The molecule has 7 rings (SSSR count). The molecule has 3 aliphatic heterocycles. The van der Waals surface area contributed by atoms with Gasteiger partial charge in [-0.2, -0.15) is 0 Å². The highest BCUT2D eigenvalue weighted by Gasteiger charge is 2.59. The van der Waals surface area contributed by atoms with Gasteiger partial charge in [0.15, 0.2) is 0 Å². The average molecular weight is 782 g/mol. The Morgan fingerprint density at radius 2 is 1.85 bits per heavy atom. The monoisotopic (exact) mass is 781 g/mol. The fraction of sp³-hybridized carbons (Fsp3) is 0.625. The van der Waals surface area contributed by atoms with Crippen LogP contribution >= 0.6 is 0 Å². The third-order valence-electron chi connectivity index (χ3n) is 12.1. The largest absolute Gasteiger partial charge is 0.483 e. The van der Waals surface area contributed by atoms with Crippen molar-refractivity contribution < 1.29 is 41.5 Å². The predicted octanol–water partition coefficient (Wildman–Crippen LogP) is 5.02. The van der Waals surface area contributed by atoms with E-state index in [0.717, 1.165) is 23.8 Å². The second-order valence-corrected chi connectivity index (χ2v) is 19.6. The number of nitrogens with zero attached hydrogens (tertiary/aromatic N) is 2. The zero-order valence-corrected chi connectivity index (χ0v) is 33.1. The molecule has 4 heterocycles. The number of ether oxygens (including phenoxy) is 2. The number of allylic oxidation sites excluding steroid dienone is 1. The number of rotatable bonds is 4. The fourth-order valence-corrected chi connectivity index (χ4v) is 9.80. The first-order valence-corrected chi connectivity index (χ1v) is 21.0. The van der Waals surface area contributed by atoms with Crippen LogP contribution in [-0.2, 0) is 35.6 Å². The van der Waals surface area contributed by atoms with Crippen LogP contribution in [0.4, 0.5) is 9.18 Å². The van der Waals surface area contributed by atoms with Crippen LogP contribution in [0, 0.1) is 18.7 Å². The quantitative estimate of drug-likeness (QED) is 0.360. The SMILES string of the molecule is Cc1nc2cc(F)ccc2c2c1OC1(CC2)CC2C(=O)NC3(C(=O)NS(=O)(=O)C4(C)CC4)CCC3C=CCCCCCC(NC(=O)OC(C)(C)C)C(=O)N2C1. The first kappa shape index (κ1) is 39.0. The minimum atomic E-state index is -4.02. The number of carbonyl (C=O) groups is 4. The van der Waals surface area contributed by atoms with Gasteiger partial charge in [-0.1, -0.05) is 25.0 Å². The van der Waals surface area contributed by atoms with Gasteiger partial charge in [0.2, 0.25) is 21.8 Å². The van der Waals surface area contributed by atoms with Crippen molar-refractivity contribution in [1.82, 2.24) is 25.2 Å². The van der Waals surface area contributed by atoms with Gasteiger partial charge in [-0.25, -0.2) is 22.6 Å². The summed E-state index contributed by atoms with van der Waals surface area (Å²) in [4.78, 5) is 62.8. The number of nitrogens with one attached hydrogen (secondary N) is 3. The van der Waals surface area contributed by atoms with Crippen LogP contribution in [0.2, 0.25) is 0 Å². The molecule has 0 bridgehead atoms. The van der Waals surface area contributed by atoms with Crippen LogP contribution in [0.25, 0.3) is 10.9 Å². The number of fused-ring (bicyclic) bond motifs is 5. The first-order valence-electron chi connectivity index (χ1n) is 19.5. The fourth-order valence-electron chi connectivity index (χ4n) is 8.49. The first-order chi connectivity index (χ1) is 25.8. The van der Waals surface area contributed by atoms with Gasteiger partial charge in [0, 0.05) is 29.4 Å². The number of aryl methyl sites for hydroxylation is 2. The van der Waals surface area contributed by atoms with Crippen molar-refractivity contribution in [2.75, 3.05) is 6.54 Å². The van der Waals surface area contributed by atoms with E-state index in [4.69, 9.17) is 9.47 Å². The van der Waals surface area contributed by atoms with Crippen molar-refractivity contribution in [3.05, 3.63) is 47.4 Å². The zero-order valence-electron chi connectivity index (χ0n) is 32.3. The molecule has 1 aromatic heterocycles. The Morgan fingerprint density at radius 1 is 1.09 bits per heavy atom. The summed E-state index contributed by atoms with van der Waals surface area (Å²) >= 11 is 0. The molecule has 5 atom stereocenters. The van der Waals surface area contributed by atoms with E-state index in [0.29, 0.717) is 68.3 Å². The lowest BCUT2D eigenvalue weighted by molar-refractivity contribution is -0.144. The van der Waals surface area contributed by atoms with E-state index in [2.05, 4.69) is 20.3 Å². The summed E-state index contributed by atoms with van der Waals surface area (Å²) < 4.78 is 54.3. The lowest BCUT2D eigenvalue weighted by atomic mass is 9.65. The summed E-state index contributed by atoms with van der Waals surface area (Å²) in [6, 6.07) is 2.29. The molecule has 1 spiro atoms. The highest BCUT2D eigenvalue weighted by Crippen LogP contribution is 2.47. The Labute approximate surface area is 321 Å². The van der Waals surface area contributed by atoms with Crippen molar-refractivity contribution in [2.45, 2.75) is 145 Å². The van der Waals surface area contributed by atoms with Gasteiger partial charge < -0.3 is 25.0 Å². The smallest absolute Gasteiger partial charge is 0.408 e. The van der Waals surface area contributed by atoms with Gasteiger partial charge in [-0.15, -0.1) is 0 Å². The molecule has 5 unspecified atom stereocenters. The van der Waals surface area contributed by atoms with Gasteiger partial charge in [-0.05, 0) is 105 Å². The molecule has 1 aromatic carbocycles. The number of carbonyl (C=O) groups excluding carboxylic acids is 4. The molecule has 298 valence electrons. The maximum Gasteiger partial charge on any atom is 0.408 e.